The summed E-state index contributed by atoms with van der Waals surface area (Å²) >= 11 is 11.7. The van der Waals surface area contributed by atoms with Crippen LogP contribution in [0.4, 0.5) is 5.69 Å². The highest BCUT2D eigenvalue weighted by molar-refractivity contribution is 7.89. The Bertz CT molecular complexity index is 768. The average molecular weight is 350 g/mol. The molecule has 0 fully saturated rings. The van der Waals surface area contributed by atoms with Crippen LogP contribution in [0.5, 0.6) is 0 Å². The molecular weight excluding hydrogens is 337 g/mol. The zero-order valence-electron chi connectivity index (χ0n) is 11.3. The first kappa shape index (κ1) is 16.1. The van der Waals surface area contributed by atoms with E-state index in [9.17, 15) is 8.42 Å². The van der Waals surface area contributed by atoms with E-state index in [4.69, 9.17) is 33.5 Å². The van der Waals surface area contributed by atoms with Crippen LogP contribution in [0, 0.1) is 13.8 Å². The number of anilines is 1. The van der Waals surface area contributed by atoms with Gasteiger partial charge in [0.05, 0.1) is 21.4 Å². The number of sulfonamides is 1. The van der Waals surface area contributed by atoms with E-state index in [0.29, 0.717) is 17.0 Å². The fourth-order valence-electron chi connectivity index (χ4n) is 1.76. The fourth-order valence-corrected chi connectivity index (χ4v) is 3.51. The molecule has 2 aromatic rings. The number of nitrogens with one attached hydrogen (secondary N) is 1. The number of halogens is 2. The van der Waals surface area contributed by atoms with Crippen LogP contribution in [-0.4, -0.2) is 13.6 Å². The molecule has 0 aliphatic heterocycles. The smallest absolute Gasteiger partial charge is 0.242 e. The van der Waals surface area contributed by atoms with Gasteiger partial charge >= 0.3 is 0 Å². The Labute approximate surface area is 132 Å². The Morgan fingerprint density at radius 1 is 1.33 bits per heavy atom. The summed E-state index contributed by atoms with van der Waals surface area (Å²) in [4.78, 5) is -0.127. The summed E-state index contributed by atoms with van der Waals surface area (Å²) in [6.07, 6.45) is 0. The average Bonchev–Trinajstić information content (AvgIpc) is 2.73. The van der Waals surface area contributed by atoms with Gasteiger partial charge in [0.2, 0.25) is 10.0 Å². The van der Waals surface area contributed by atoms with Crippen LogP contribution in [0.1, 0.15) is 17.0 Å². The van der Waals surface area contributed by atoms with Crippen molar-refractivity contribution in [3.05, 3.63) is 39.2 Å². The van der Waals surface area contributed by atoms with Crippen LogP contribution in [0.2, 0.25) is 10.0 Å². The van der Waals surface area contributed by atoms with Crippen molar-refractivity contribution in [1.29, 1.82) is 0 Å². The van der Waals surface area contributed by atoms with Gasteiger partial charge in [-0.25, -0.2) is 13.1 Å². The van der Waals surface area contributed by atoms with Crippen molar-refractivity contribution < 1.29 is 12.9 Å². The second-order valence-electron chi connectivity index (χ2n) is 4.40. The third-order valence-electron chi connectivity index (χ3n) is 3.00. The Balaban J connectivity index is 2.30. The quantitative estimate of drug-likeness (QED) is 0.826. The van der Waals surface area contributed by atoms with Gasteiger partial charge in [0.15, 0.2) is 0 Å². The van der Waals surface area contributed by atoms with Gasteiger partial charge in [0, 0.05) is 12.1 Å². The van der Waals surface area contributed by atoms with E-state index in [-0.39, 0.29) is 27.2 Å². The van der Waals surface area contributed by atoms with Crippen LogP contribution < -0.4 is 10.5 Å². The maximum atomic E-state index is 12.3. The molecule has 0 aliphatic carbocycles. The van der Waals surface area contributed by atoms with E-state index >= 15 is 0 Å². The molecule has 0 saturated carbocycles. The lowest BCUT2D eigenvalue weighted by Gasteiger charge is -2.10. The van der Waals surface area contributed by atoms with Crippen LogP contribution >= 0.6 is 23.2 Å². The van der Waals surface area contributed by atoms with Crippen molar-refractivity contribution in [2.45, 2.75) is 25.3 Å². The highest BCUT2D eigenvalue weighted by Crippen LogP contribution is 2.33. The summed E-state index contributed by atoms with van der Waals surface area (Å²) in [5.74, 6) is 0.553. The number of hydrogen-bond acceptors (Lipinski definition) is 5. The van der Waals surface area contributed by atoms with Gasteiger partial charge in [-0.15, -0.1) is 0 Å². The molecule has 2 rings (SSSR count). The molecule has 6 nitrogen and oxygen atoms in total. The lowest BCUT2D eigenvalue weighted by molar-refractivity contribution is 0.392. The number of benzene rings is 1. The zero-order chi connectivity index (χ0) is 15.8. The lowest BCUT2D eigenvalue weighted by atomic mass is 10.2. The molecular formula is C12H13Cl2N3O3S. The summed E-state index contributed by atoms with van der Waals surface area (Å²) in [5, 5.41) is 3.86. The molecule has 0 atom stereocenters. The molecule has 114 valence electrons. The van der Waals surface area contributed by atoms with Crippen molar-refractivity contribution in [3.8, 4) is 0 Å². The second-order valence-corrected chi connectivity index (χ2v) is 6.92. The molecule has 1 heterocycles. The predicted octanol–water partition coefficient (Wildman–Crippen LogP) is 2.66. The molecule has 0 aliphatic rings. The SMILES string of the molecule is Cc1noc(C)c1CNS(=O)(=O)c1ccc(Cl)c(N)c1Cl. The molecule has 0 amide bonds. The molecule has 1 aromatic carbocycles. The van der Waals surface area contributed by atoms with Gasteiger partial charge in [0.25, 0.3) is 0 Å². The molecule has 9 heteroatoms. The number of nitrogens with two attached hydrogens (primary N) is 1. The highest BCUT2D eigenvalue weighted by Gasteiger charge is 2.21. The molecule has 21 heavy (non-hydrogen) atoms. The van der Waals surface area contributed by atoms with E-state index in [0.717, 1.165) is 0 Å². The Morgan fingerprint density at radius 3 is 2.57 bits per heavy atom. The van der Waals surface area contributed by atoms with Crippen LogP contribution in [-0.2, 0) is 16.6 Å². The van der Waals surface area contributed by atoms with Crippen molar-refractivity contribution >= 4 is 38.9 Å². The van der Waals surface area contributed by atoms with Crippen LogP contribution in [0.3, 0.4) is 0 Å². The summed E-state index contributed by atoms with van der Waals surface area (Å²) in [5.41, 5.74) is 6.96. The van der Waals surface area contributed by atoms with Gasteiger partial charge < -0.3 is 10.3 Å². The number of nitrogen functional groups attached to an aromatic ring is 1. The summed E-state index contributed by atoms with van der Waals surface area (Å²) in [6, 6.07) is 2.68. The first-order valence-corrected chi connectivity index (χ1v) is 8.13. The Morgan fingerprint density at radius 2 is 2.00 bits per heavy atom. The molecule has 1 aromatic heterocycles. The Kier molecular flexibility index (Phi) is 4.48. The molecule has 3 N–H and O–H groups in total. The van der Waals surface area contributed by atoms with Gasteiger partial charge in [0.1, 0.15) is 10.7 Å². The minimum atomic E-state index is -3.83. The maximum Gasteiger partial charge on any atom is 0.242 e. The molecule has 0 saturated heterocycles. The number of hydrogen-bond donors (Lipinski definition) is 2. The summed E-state index contributed by atoms with van der Waals surface area (Å²) in [7, 11) is -3.83. The number of aromatic nitrogens is 1. The molecule has 0 radical (unpaired) electrons. The Hall–Kier alpha value is -1.28. The molecule has 0 bridgehead atoms. The van der Waals surface area contributed by atoms with Crippen molar-refractivity contribution in [2.75, 3.05) is 5.73 Å². The van der Waals surface area contributed by atoms with E-state index in [1.807, 2.05) is 0 Å². The fraction of sp³-hybridized carbons (Fsp3) is 0.250. The minimum absolute atomic E-state index is 0.0264. The first-order chi connectivity index (χ1) is 9.74. The zero-order valence-corrected chi connectivity index (χ0v) is 13.6. The van der Waals surface area contributed by atoms with Gasteiger partial charge in [-0.05, 0) is 26.0 Å². The third-order valence-corrected chi connectivity index (χ3v) is 5.29. The summed E-state index contributed by atoms with van der Waals surface area (Å²) < 4.78 is 32.0. The van der Waals surface area contributed by atoms with E-state index in [1.165, 1.54) is 12.1 Å². The third kappa shape index (κ3) is 3.16. The van der Waals surface area contributed by atoms with Gasteiger partial charge in [-0.3, -0.25) is 0 Å². The van der Waals surface area contributed by atoms with E-state index in [1.54, 1.807) is 13.8 Å². The molecule has 0 spiro atoms. The first-order valence-electron chi connectivity index (χ1n) is 5.89. The van der Waals surface area contributed by atoms with Crippen LogP contribution in [0.15, 0.2) is 21.6 Å². The molecule has 0 unspecified atom stereocenters. The second kappa shape index (κ2) is 5.84. The van der Waals surface area contributed by atoms with Gasteiger partial charge in [-0.2, -0.15) is 0 Å². The lowest BCUT2D eigenvalue weighted by Crippen LogP contribution is -2.24. The van der Waals surface area contributed by atoms with Gasteiger partial charge in [-0.1, -0.05) is 28.4 Å². The van der Waals surface area contributed by atoms with E-state index < -0.39 is 10.0 Å². The number of nitrogens with zero attached hydrogens (tertiary/aromatic N) is 1. The summed E-state index contributed by atoms with van der Waals surface area (Å²) in [6.45, 7) is 3.48. The topological polar surface area (TPSA) is 98.2 Å². The van der Waals surface area contributed by atoms with E-state index in [2.05, 4.69) is 9.88 Å². The van der Waals surface area contributed by atoms with Crippen molar-refractivity contribution in [1.82, 2.24) is 9.88 Å². The number of aryl methyl sites for hydroxylation is 2. The maximum absolute atomic E-state index is 12.3. The highest BCUT2D eigenvalue weighted by atomic mass is 35.5. The van der Waals surface area contributed by atoms with Crippen molar-refractivity contribution in [3.63, 3.8) is 0 Å². The monoisotopic (exact) mass is 349 g/mol. The predicted molar refractivity (Wildman–Crippen MR) is 80.9 cm³/mol. The largest absolute Gasteiger partial charge is 0.396 e. The normalized spacial score (nSPS) is 11.8. The van der Waals surface area contributed by atoms with Crippen molar-refractivity contribution in [2.24, 2.45) is 0 Å². The number of rotatable bonds is 4. The standard InChI is InChI=1S/C12H13Cl2N3O3S/c1-6-8(7(2)20-17-6)5-16-21(18,19)10-4-3-9(13)12(15)11(10)14/h3-4,16H,5,15H2,1-2H3. The minimum Gasteiger partial charge on any atom is -0.396 e. The van der Waals surface area contributed by atoms with Crippen LogP contribution in [0.25, 0.3) is 0 Å².